The predicted octanol–water partition coefficient (Wildman–Crippen LogP) is 5.71. The zero-order chi connectivity index (χ0) is 18.5. The molecule has 3 rings (SSSR count). The van der Waals surface area contributed by atoms with Crippen molar-refractivity contribution in [2.24, 2.45) is 5.92 Å². The summed E-state index contributed by atoms with van der Waals surface area (Å²) in [6.45, 7) is 5.96. The lowest BCUT2D eigenvalue weighted by atomic mass is 10.0. The molecule has 5 heteroatoms. The Labute approximate surface area is 158 Å². The molecule has 3 aromatic rings. The van der Waals surface area contributed by atoms with Crippen molar-refractivity contribution in [2.75, 3.05) is 10.6 Å². The van der Waals surface area contributed by atoms with Gasteiger partial charge in [0, 0.05) is 29.2 Å². The van der Waals surface area contributed by atoms with Crippen molar-refractivity contribution in [3.8, 4) is 11.3 Å². The summed E-state index contributed by atoms with van der Waals surface area (Å²) in [7, 11) is 0. The minimum atomic E-state index is -0.0837. The van der Waals surface area contributed by atoms with E-state index >= 15 is 0 Å². The Morgan fingerprint density at radius 2 is 1.85 bits per heavy atom. The molecule has 0 radical (unpaired) electrons. The summed E-state index contributed by atoms with van der Waals surface area (Å²) < 4.78 is 0. The molecule has 0 aliphatic heterocycles. The first-order valence-corrected chi connectivity index (χ1v) is 9.57. The zero-order valence-electron chi connectivity index (χ0n) is 15.2. The smallest absolute Gasteiger partial charge is 0.221 e. The van der Waals surface area contributed by atoms with Crippen molar-refractivity contribution in [1.82, 2.24) is 4.98 Å². The van der Waals surface area contributed by atoms with Crippen LogP contribution in [0, 0.1) is 5.92 Å². The zero-order valence-corrected chi connectivity index (χ0v) is 16.1. The van der Waals surface area contributed by atoms with E-state index in [0.717, 1.165) is 34.2 Å². The van der Waals surface area contributed by atoms with Crippen LogP contribution >= 0.6 is 11.3 Å². The van der Waals surface area contributed by atoms with Gasteiger partial charge >= 0.3 is 0 Å². The van der Waals surface area contributed by atoms with Crippen LogP contribution in [0.15, 0.2) is 53.9 Å². The highest BCUT2D eigenvalue weighted by Gasteiger charge is 2.06. The summed E-state index contributed by atoms with van der Waals surface area (Å²) in [5.74, 6) is 0.573. The van der Waals surface area contributed by atoms with E-state index in [9.17, 15) is 4.79 Å². The van der Waals surface area contributed by atoms with Gasteiger partial charge in [0.2, 0.25) is 5.91 Å². The van der Waals surface area contributed by atoms with E-state index in [2.05, 4.69) is 59.1 Å². The van der Waals surface area contributed by atoms with Gasteiger partial charge in [0.05, 0.1) is 5.69 Å². The Balaban J connectivity index is 1.71. The number of carbonyl (C=O) groups excluding carboxylic acids is 1. The number of anilines is 3. The Kier molecular flexibility index (Phi) is 5.68. The third kappa shape index (κ3) is 4.92. The van der Waals surface area contributed by atoms with Crippen molar-refractivity contribution in [3.63, 3.8) is 0 Å². The van der Waals surface area contributed by atoms with Gasteiger partial charge in [0.1, 0.15) is 0 Å². The van der Waals surface area contributed by atoms with Gasteiger partial charge in [-0.1, -0.05) is 44.2 Å². The van der Waals surface area contributed by atoms with E-state index in [1.807, 2.05) is 24.3 Å². The van der Waals surface area contributed by atoms with Crippen molar-refractivity contribution < 1.29 is 4.79 Å². The van der Waals surface area contributed by atoms with Gasteiger partial charge < -0.3 is 10.6 Å². The number of thiazole rings is 1. The highest BCUT2D eigenvalue weighted by molar-refractivity contribution is 7.14. The summed E-state index contributed by atoms with van der Waals surface area (Å²) in [5.41, 5.74) is 5.09. The lowest BCUT2D eigenvalue weighted by Gasteiger charge is -2.06. The third-order valence-electron chi connectivity index (χ3n) is 3.83. The summed E-state index contributed by atoms with van der Waals surface area (Å²) in [4.78, 5) is 15.9. The van der Waals surface area contributed by atoms with Crippen LogP contribution < -0.4 is 10.6 Å². The normalized spacial score (nSPS) is 10.8. The number of amides is 1. The molecule has 2 aromatic carbocycles. The predicted molar refractivity (Wildman–Crippen MR) is 110 cm³/mol. The van der Waals surface area contributed by atoms with E-state index in [4.69, 9.17) is 0 Å². The van der Waals surface area contributed by atoms with E-state index < -0.39 is 0 Å². The molecule has 0 saturated heterocycles. The van der Waals surface area contributed by atoms with Crippen molar-refractivity contribution in [1.29, 1.82) is 0 Å². The maximum absolute atomic E-state index is 11.2. The summed E-state index contributed by atoms with van der Waals surface area (Å²) in [6.07, 6.45) is 1.09. The van der Waals surface area contributed by atoms with Gasteiger partial charge in [-0.3, -0.25) is 4.79 Å². The number of nitrogens with one attached hydrogen (secondary N) is 2. The topological polar surface area (TPSA) is 54.0 Å². The van der Waals surface area contributed by atoms with Crippen LogP contribution in [0.5, 0.6) is 0 Å². The first-order chi connectivity index (χ1) is 12.5. The average Bonchev–Trinajstić information content (AvgIpc) is 3.03. The molecule has 0 aliphatic rings. The second-order valence-electron chi connectivity index (χ2n) is 6.72. The van der Waals surface area contributed by atoms with Gasteiger partial charge in [-0.2, -0.15) is 0 Å². The number of carbonyl (C=O) groups is 1. The van der Waals surface area contributed by atoms with Crippen LogP contribution in [0.3, 0.4) is 0 Å². The monoisotopic (exact) mass is 365 g/mol. The maximum atomic E-state index is 11.2. The van der Waals surface area contributed by atoms with Crippen LogP contribution in [0.4, 0.5) is 16.5 Å². The minimum Gasteiger partial charge on any atom is -0.331 e. The molecule has 0 unspecified atom stereocenters. The molecule has 0 spiro atoms. The maximum Gasteiger partial charge on any atom is 0.221 e. The highest BCUT2D eigenvalue weighted by atomic mass is 32.1. The fourth-order valence-electron chi connectivity index (χ4n) is 2.75. The molecule has 1 aromatic heterocycles. The molecular formula is C21H23N3OS. The van der Waals surface area contributed by atoms with E-state index in [-0.39, 0.29) is 5.91 Å². The third-order valence-corrected chi connectivity index (χ3v) is 4.59. The summed E-state index contributed by atoms with van der Waals surface area (Å²) in [6, 6.07) is 16.2. The Bertz CT molecular complexity index is 884. The number of hydrogen-bond acceptors (Lipinski definition) is 4. The van der Waals surface area contributed by atoms with E-state index in [1.54, 1.807) is 11.3 Å². The van der Waals surface area contributed by atoms with Crippen LogP contribution in [-0.4, -0.2) is 10.9 Å². The van der Waals surface area contributed by atoms with Crippen molar-refractivity contribution >= 4 is 33.8 Å². The molecule has 4 nitrogen and oxygen atoms in total. The van der Waals surface area contributed by atoms with E-state index in [1.165, 1.54) is 12.5 Å². The van der Waals surface area contributed by atoms with Crippen LogP contribution in [0.25, 0.3) is 11.3 Å². The second-order valence-corrected chi connectivity index (χ2v) is 7.58. The molecule has 26 heavy (non-hydrogen) atoms. The molecule has 0 atom stereocenters. The van der Waals surface area contributed by atoms with Crippen LogP contribution in [0.2, 0.25) is 0 Å². The minimum absolute atomic E-state index is 0.0837. The lowest BCUT2D eigenvalue weighted by molar-refractivity contribution is -0.114. The summed E-state index contributed by atoms with van der Waals surface area (Å²) in [5, 5.41) is 8.96. The number of hydrogen-bond donors (Lipinski definition) is 2. The number of benzene rings is 2. The molecule has 0 fully saturated rings. The first kappa shape index (κ1) is 18.1. The quantitative estimate of drug-likeness (QED) is 0.588. The van der Waals surface area contributed by atoms with E-state index in [0.29, 0.717) is 5.92 Å². The summed E-state index contributed by atoms with van der Waals surface area (Å²) >= 11 is 1.56. The molecule has 0 bridgehead atoms. The molecule has 2 N–H and O–H groups in total. The fourth-order valence-corrected chi connectivity index (χ4v) is 3.49. The largest absolute Gasteiger partial charge is 0.331 e. The lowest BCUT2D eigenvalue weighted by Crippen LogP contribution is -2.05. The Morgan fingerprint density at radius 3 is 2.54 bits per heavy atom. The van der Waals surface area contributed by atoms with Crippen molar-refractivity contribution in [3.05, 3.63) is 59.5 Å². The number of rotatable bonds is 6. The average molecular weight is 366 g/mol. The molecule has 1 amide bonds. The van der Waals surface area contributed by atoms with Gasteiger partial charge in [-0.25, -0.2) is 4.98 Å². The Morgan fingerprint density at radius 1 is 1.12 bits per heavy atom. The molecule has 1 heterocycles. The molecular weight excluding hydrogens is 342 g/mol. The fraction of sp³-hybridized carbons (Fsp3) is 0.238. The first-order valence-electron chi connectivity index (χ1n) is 8.69. The highest BCUT2D eigenvalue weighted by Crippen LogP contribution is 2.28. The second kappa shape index (κ2) is 8.15. The number of aromatic nitrogens is 1. The molecule has 0 saturated carbocycles. The van der Waals surface area contributed by atoms with Crippen molar-refractivity contribution in [2.45, 2.75) is 27.2 Å². The molecule has 134 valence electrons. The van der Waals surface area contributed by atoms with Crippen LogP contribution in [-0.2, 0) is 11.2 Å². The number of nitrogens with zero attached hydrogens (tertiary/aromatic N) is 1. The van der Waals surface area contributed by atoms with Gasteiger partial charge in [0.25, 0.3) is 0 Å². The SMILES string of the molecule is CC(=O)Nc1cccc(Nc2nc(-c3ccc(CC(C)C)cc3)cs2)c1. The Hall–Kier alpha value is -2.66. The van der Waals surface area contributed by atoms with Gasteiger partial charge in [-0.05, 0) is 36.1 Å². The van der Waals surface area contributed by atoms with Gasteiger partial charge in [0.15, 0.2) is 5.13 Å². The molecule has 0 aliphatic carbocycles. The van der Waals surface area contributed by atoms with Gasteiger partial charge in [-0.15, -0.1) is 11.3 Å². The standard InChI is InChI=1S/C21H23N3OS/c1-14(2)11-16-7-9-17(10-8-16)20-13-26-21(24-20)23-19-6-4-5-18(12-19)22-15(3)25/h4-10,12-14H,11H2,1-3H3,(H,22,25)(H,23,24). The van der Waals surface area contributed by atoms with Crippen LogP contribution in [0.1, 0.15) is 26.3 Å².